The molecule has 1 atom stereocenters. The maximum atomic E-state index is 13.0. The highest BCUT2D eigenvalue weighted by Gasteiger charge is 2.19. The van der Waals surface area contributed by atoms with E-state index in [2.05, 4.69) is 10.3 Å². The predicted molar refractivity (Wildman–Crippen MR) is 88.0 cm³/mol. The lowest BCUT2D eigenvalue weighted by molar-refractivity contribution is 0.0924. The molecule has 4 nitrogen and oxygen atoms in total. The van der Waals surface area contributed by atoms with Crippen molar-refractivity contribution < 1.29 is 9.18 Å². The van der Waals surface area contributed by atoms with Crippen molar-refractivity contribution >= 4 is 5.91 Å². The third kappa shape index (κ3) is 4.52. The summed E-state index contributed by atoms with van der Waals surface area (Å²) in [4.78, 5) is 26.8. The van der Waals surface area contributed by atoms with Crippen LogP contribution in [0.4, 0.5) is 4.39 Å². The van der Waals surface area contributed by atoms with Crippen LogP contribution in [0.2, 0.25) is 0 Å². The van der Waals surface area contributed by atoms with Gasteiger partial charge in [-0.3, -0.25) is 9.59 Å². The molecule has 2 rings (SSSR count). The smallest absolute Gasteiger partial charge is 0.260 e. The summed E-state index contributed by atoms with van der Waals surface area (Å²) in [5, 5.41) is 2.90. The van der Waals surface area contributed by atoms with E-state index >= 15 is 0 Å². The number of amides is 1. The minimum atomic E-state index is -0.396. The Labute approximate surface area is 134 Å². The number of carbonyl (C=O) groups is 1. The standard InChI is InChI=1S/C18H21FN2O2/c1-11(2)16(10-13-5-7-14(19)8-6-13)21-18(23)15-9-4-12(3)20-17(15)22/h4-9,11,16H,10H2,1-3H3,(H,20,22)(H,21,23)/t16-/m1/s1. The number of hydrogen-bond donors (Lipinski definition) is 2. The summed E-state index contributed by atoms with van der Waals surface area (Å²) < 4.78 is 13.0. The number of rotatable bonds is 5. The van der Waals surface area contributed by atoms with Gasteiger partial charge in [0.1, 0.15) is 11.4 Å². The fourth-order valence-corrected chi connectivity index (χ4v) is 2.32. The molecule has 0 saturated carbocycles. The normalized spacial score (nSPS) is 12.2. The zero-order valence-corrected chi connectivity index (χ0v) is 13.5. The first-order chi connectivity index (χ1) is 10.9. The van der Waals surface area contributed by atoms with E-state index in [1.54, 1.807) is 25.1 Å². The molecule has 2 aromatic rings. The van der Waals surface area contributed by atoms with Crippen LogP contribution in [-0.4, -0.2) is 16.9 Å². The number of aromatic nitrogens is 1. The number of pyridine rings is 1. The average molecular weight is 316 g/mol. The van der Waals surface area contributed by atoms with Crippen LogP contribution in [-0.2, 0) is 6.42 Å². The van der Waals surface area contributed by atoms with E-state index in [4.69, 9.17) is 0 Å². The molecule has 0 saturated heterocycles. The zero-order chi connectivity index (χ0) is 17.0. The molecule has 0 bridgehead atoms. The van der Waals surface area contributed by atoms with Crippen molar-refractivity contribution in [3.8, 4) is 0 Å². The van der Waals surface area contributed by atoms with Gasteiger partial charge in [0.25, 0.3) is 11.5 Å². The van der Waals surface area contributed by atoms with E-state index in [1.165, 1.54) is 18.2 Å². The van der Waals surface area contributed by atoms with Crippen molar-refractivity contribution in [2.75, 3.05) is 0 Å². The number of halogens is 1. The van der Waals surface area contributed by atoms with Crippen LogP contribution in [0.5, 0.6) is 0 Å². The predicted octanol–water partition coefficient (Wildman–Crippen LogP) is 2.82. The molecule has 1 aromatic heterocycles. The summed E-state index contributed by atoms with van der Waals surface area (Å²) in [6, 6.07) is 9.29. The van der Waals surface area contributed by atoms with Gasteiger partial charge in [-0.2, -0.15) is 0 Å². The van der Waals surface area contributed by atoms with E-state index in [0.29, 0.717) is 12.1 Å². The summed E-state index contributed by atoms with van der Waals surface area (Å²) in [6.07, 6.45) is 0.577. The van der Waals surface area contributed by atoms with Crippen LogP contribution in [0.15, 0.2) is 41.2 Å². The number of aromatic amines is 1. The molecule has 0 radical (unpaired) electrons. The first-order valence-corrected chi connectivity index (χ1v) is 7.62. The maximum Gasteiger partial charge on any atom is 0.260 e. The van der Waals surface area contributed by atoms with Gasteiger partial charge >= 0.3 is 0 Å². The fraction of sp³-hybridized carbons (Fsp3) is 0.333. The molecule has 0 aliphatic carbocycles. The summed E-state index contributed by atoms with van der Waals surface area (Å²) in [5.41, 5.74) is 1.34. The molecule has 0 fully saturated rings. The zero-order valence-electron chi connectivity index (χ0n) is 13.5. The van der Waals surface area contributed by atoms with Gasteiger partial charge in [0.05, 0.1) is 0 Å². The van der Waals surface area contributed by atoms with Gasteiger partial charge in [-0.15, -0.1) is 0 Å². The van der Waals surface area contributed by atoms with E-state index in [9.17, 15) is 14.0 Å². The topological polar surface area (TPSA) is 62.0 Å². The van der Waals surface area contributed by atoms with Crippen molar-refractivity contribution in [2.24, 2.45) is 5.92 Å². The largest absolute Gasteiger partial charge is 0.349 e. The van der Waals surface area contributed by atoms with E-state index in [-0.39, 0.29) is 23.3 Å². The van der Waals surface area contributed by atoms with Gasteiger partial charge in [-0.1, -0.05) is 26.0 Å². The first kappa shape index (κ1) is 16.9. The van der Waals surface area contributed by atoms with Gasteiger partial charge in [-0.05, 0) is 49.1 Å². The van der Waals surface area contributed by atoms with E-state index < -0.39 is 11.5 Å². The SMILES string of the molecule is Cc1ccc(C(=O)N[C@H](Cc2ccc(F)cc2)C(C)C)c(=O)[nH]1. The highest BCUT2D eigenvalue weighted by Crippen LogP contribution is 2.12. The van der Waals surface area contributed by atoms with Gasteiger partial charge < -0.3 is 10.3 Å². The van der Waals surface area contributed by atoms with Crippen LogP contribution in [0, 0.1) is 18.7 Å². The molecular formula is C18H21FN2O2. The van der Waals surface area contributed by atoms with Crippen LogP contribution in [0.1, 0.15) is 35.5 Å². The number of H-pyrrole nitrogens is 1. The van der Waals surface area contributed by atoms with Crippen molar-refractivity contribution in [2.45, 2.75) is 33.2 Å². The van der Waals surface area contributed by atoms with Crippen LogP contribution < -0.4 is 10.9 Å². The van der Waals surface area contributed by atoms with E-state index in [0.717, 1.165) is 5.56 Å². The Morgan fingerprint density at radius 1 is 1.17 bits per heavy atom. The van der Waals surface area contributed by atoms with Crippen molar-refractivity contribution in [3.05, 3.63) is 69.4 Å². The lowest BCUT2D eigenvalue weighted by Crippen LogP contribution is -2.42. The molecule has 23 heavy (non-hydrogen) atoms. The summed E-state index contributed by atoms with van der Waals surface area (Å²) in [7, 11) is 0. The second kappa shape index (κ2) is 7.22. The number of benzene rings is 1. The highest BCUT2D eigenvalue weighted by molar-refractivity contribution is 5.94. The molecule has 1 heterocycles. The second-order valence-electron chi connectivity index (χ2n) is 6.04. The van der Waals surface area contributed by atoms with Crippen molar-refractivity contribution in [1.82, 2.24) is 10.3 Å². The Balaban J connectivity index is 2.14. The highest BCUT2D eigenvalue weighted by atomic mass is 19.1. The van der Waals surface area contributed by atoms with Crippen LogP contribution in [0.25, 0.3) is 0 Å². The van der Waals surface area contributed by atoms with Crippen molar-refractivity contribution in [1.29, 1.82) is 0 Å². The van der Waals surface area contributed by atoms with Gasteiger partial charge in [-0.25, -0.2) is 4.39 Å². The monoisotopic (exact) mass is 316 g/mol. The molecule has 122 valence electrons. The Morgan fingerprint density at radius 2 is 1.83 bits per heavy atom. The van der Waals surface area contributed by atoms with Crippen molar-refractivity contribution in [3.63, 3.8) is 0 Å². The summed E-state index contributed by atoms with van der Waals surface area (Å²) in [5.74, 6) is -0.509. The van der Waals surface area contributed by atoms with Gasteiger partial charge in [0.15, 0.2) is 0 Å². The Morgan fingerprint density at radius 3 is 2.39 bits per heavy atom. The minimum absolute atomic E-state index is 0.0976. The third-order valence-electron chi connectivity index (χ3n) is 3.79. The first-order valence-electron chi connectivity index (χ1n) is 7.62. The lowest BCUT2D eigenvalue weighted by atomic mass is 9.96. The van der Waals surface area contributed by atoms with E-state index in [1.807, 2.05) is 13.8 Å². The molecule has 1 aromatic carbocycles. The molecule has 5 heteroatoms. The van der Waals surface area contributed by atoms with Gasteiger partial charge in [0, 0.05) is 11.7 Å². The number of aryl methyl sites for hydroxylation is 1. The molecule has 0 spiro atoms. The Kier molecular flexibility index (Phi) is 5.32. The molecule has 1 amide bonds. The number of hydrogen-bond acceptors (Lipinski definition) is 2. The summed E-state index contributed by atoms with van der Waals surface area (Å²) >= 11 is 0. The fourth-order valence-electron chi connectivity index (χ4n) is 2.32. The quantitative estimate of drug-likeness (QED) is 0.891. The second-order valence-corrected chi connectivity index (χ2v) is 6.04. The molecule has 0 aliphatic rings. The lowest BCUT2D eigenvalue weighted by Gasteiger charge is -2.22. The number of carbonyl (C=O) groups excluding carboxylic acids is 1. The number of nitrogens with one attached hydrogen (secondary N) is 2. The average Bonchev–Trinajstić information content (AvgIpc) is 2.48. The molecule has 0 unspecified atom stereocenters. The molecule has 2 N–H and O–H groups in total. The Bertz CT molecular complexity index is 735. The molecule has 0 aliphatic heterocycles. The Hall–Kier alpha value is -2.43. The molecular weight excluding hydrogens is 295 g/mol. The minimum Gasteiger partial charge on any atom is -0.349 e. The van der Waals surface area contributed by atoms with Crippen LogP contribution in [0.3, 0.4) is 0 Å². The third-order valence-corrected chi connectivity index (χ3v) is 3.79. The van der Waals surface area contributed by atoms with Crippen LogP contribution >= 0.6 is 0 Å². The summed E-state index contributed by atoms with van der Waals surface area (Å²) in [6.45, 7) is 5.75. The van der Waals surface area contributed by atoms with Gasteiger partial charge in [0.2, 0.25) is 0 Å². The maximum absolute atomic E-state index is 13.0.